The molecule has 0 bridgehead atoms. The molecule has 4 aliphatic heterocycles. The summed E-state index contributed by atoms with van der Waals surface area (Å²) in [5, 5.41) is 8.17. The summed E-state index contributed by atoms with van der Waals surface area (Å²) in [4.78, 5) is 0. The van der Waals surface area contributed by atoms with Crippen LogP contribution in [0.15, 0.2) is 84.9 Å². The Balaban J connectivity index is 1.34. The lowest BCUT2D eigenvalue weighted by Gasteiger charge is -2.45. The molecular weight excluding hydrogens is 868 g/mol. The van der Waals surface area contributed by atoms with Crippen LogP contribution in [-0.2, 0) is 32.5 Å². The van der Waals surface area contributed by atoms with Gasteiger partial charge < -0.3 is 13.7 Å². The highest BCUT2D eigenvalue weighted by Gasteiger charge is 2.53. The van der Waals surface area contributed by atoms with E-state index in [1.807, 2.05) is 0 Å². The van der Waals surface area contributed by atoms with Crippen molar-refractivity contribution >= 4 is 112 Å². The third-order valence-electron chi connectivity index (χ3n) is 18.2. The maximum absolute atomic E-state index is 2.88. The maximum Gasteiger partial charge on any atom is 0.252 e. The van der Waals surface area contributed by atoms with Gasteiger partial charge in [-0.3, -0.25) is 0 Å². The first-order valence-electron chi connectivity index (χ1n) is 27.1. The van der Waals surface area contributed by atoms with E-state index in [9.17, 15) is 0 Å². The van der Waals surface area contributed by atoms with Gasteiger partial charge in [0.25, 0.3) is 13.4 Å². The van der Waals surface area contributed by atoms with Crippen molar-refractivity contribution < 1.29 is 0 Å². The van der Waals surface area contributed by atoms with E-state index in [4.69, 9.17) is 0 Å². The van der Waals surface area contributed by atoms with E-state index >= 15 is 0 Å². The van der Waals surface area contributed by atoms with E-state index in [1.54, 1.807) is 0 Å². The van der Waals surface area contributed by atoms with Crippen LogP contribution < -0.4 is 32.8 Å². The molecule has 3 aromatic heterocycles. The summed E-state index contributed by atoms with van der Waals surface area (Å²) in [5.74, 6) is 0. The van der Waals surface area contributed by atoms with Gasteiger partial charge in [0, 0.05) is 71.4 Å². The third kappa shape index (κ3) is 5.26. The van der Waals surface area contributed by atoms with Crippen molar-refractivity contribution in [3.05, 3.63) is 124 Å². The molecule has 0 unspecified atom stereocenters. The summed E-state index contributed by atoms with van der Waals surface area (Å²) >= 11 is 0. The molecule has 10 aromatic rings. The Hall–Kier alpha value is -5.93. The van der Waals surface area contributed by atoms with Crippen LogP contribution in [-0.4, -0.2) is 27.1 Å². The van der Waals surface area contributed by atoms with E-state index < -0.39 is 0 Å². The standard InChI is InChI=1S/C67H71B2N3/c1-34-55-53-61-54-56(34)71-48-33-36(63(5,6)7)21-23-38(48)40-25-29-44(65(11,12)13)50(58(40)71)69(54)52-46(67(17,18)19)31-27-42-41-26-30-45(66(14,15)16)51(59(41)72(61)60(42)52)68(53)49-43(64(8,9)10)28-24-39-37-22-20-35(62(2,3)4)32-47(37)70(55)57(39)49/h20-33H,1-19H3. The van der Waals surface area contributed by atoms with Crippen molar-refractivity contribution in [1.82, 2.24) is 13.7 Å². The highest BCUT2D eigenvalue weighted by Crippen LogP contribution is 2.49. The molecule has 7 heterocycles. The SMILES string of the molecule is Cc1c2c3c4c5c1-n1c6cc(C(C)(C)C)ccc6c6ccc(C(C)(C)C)c(c61)B5c1c(C(C)(C)C)ccc5c6ccc(C(C)(C)C)c(c6n-4c15)B3c1c(C(C)(C)C)ccc3c4ccc(C(C)(C)C)cc4n-2c13. The molecule has 0 amide bonds. The van der Waals surface area contributed by atoms with Crippen LogP contribution >= 0.6 is 0 Å². The Morgan fingerprint density at radius 3 is 0.861 bits per heavy atom. The van der Waals surface area contributed by atoms with Crippen LogP contribution in [0.25, 0.3) is 82.5 Å². The van der Waals surface area contributed by atoms with Gasteiger partial charge in [0.1, 0.15) is 0 Å². The molecule has 7 aromatic carbocycles. The zero-order valence-electron chi connectivity index (χ0n) is 46.6. The van der Waals surface area contributed by atoms with Crippen LogP contribution in [0.4, 0.5) is 0 Å². The monoisotopic (exact) mass is 940 g/mol. The van der Waals surface area contributed by atoms with Crippen LogP contribution in [0, 0.1) is 6.92 Å². The summed E-state index contributed by atoms with van der Waals surface area (Å²) in [5.41, 5.74) is 30.9. The predicted molar refractivity (Wildman–Crippen MR) is 316 cm³/mol. The highest BCUT2D eigenvalue weighted by atomic mass is 15.1. The quantitative estimate of drug-likeness (QED) is 0.135. The maximum atomic E-state index is 2.88. The fourth-order valence-electron chi connectivity index (χ4n) is 15.0. The Labute approximate surface area is 428 Å². The summed E-state index contributed by atoms with van der Waals surface area (Å²) in [6.45, 7) is 46.2. The topological polar surface area (TPSA) is 14.8 Å². The lowest BCUT2D eigenvalue weighted by Crippen LogP contribution is -2.69. The molecule has 14 rings (SSSR count). The molecule has 0 saturated heterocycles. The average Bonchev–Trinajstić information content (AvgIpc) is 3.91. The Bertz CT molecular complexity index is 3950. The normalized spacial score (nSPS) is 15.1. The fourth-order valence-corrected chi connectivity index (χ4v) is 15.0. The van der Waals surface area contributed by atoms with Gasteiger partial charge >= 0.3 is 0 Å². The molecule has 0 aliphatic carbocycles. The van der Waals surface area contributed by atoms with Crippen LogP contribution in [0.5, 0.6) is 0 Å². The second kappa shape index (κ2) is 13.0. The van der Waals surface area contributed by atoms with E-state index in [0.29, 0.717) is 0 Å². The second-order valence-corrected chi connectivity index (χ2v) is 29.0. The van der Waals surface area contributed by atoms with E-state index in [1.165, 1.54) is 154 Å². The Morgan fingerprint density at radius 2 is 0.569 bits per heavy atom. The Kier molecular flexibility index (Phi) is 8.11. The van der Waals surface area contributed by atoms with Gasteiger partial charge in [0.15, 0.2) is 0 Å². The number of fused-ring (bicyclic) bond motifs is 13. The van der Waals surface area contributed by atoms with Crippen LogP contribution in [0.2, 0.25) is 0 Å². The minimum atomic E-state index is -0.113. The van der Waals surface area contributed by atoms with Gasteiger partial charge in [-0.25, -0.2) is 0 Å². The van der Waals surface area contributed by atoms with Gasteiger partial charge in [0.05, 0.1) is 11.0 Å². The summed E-state index contributed by atoms with van der Waals surface area (Å²) in [7, 11) is 0. The van der Waals surface area contributed by atoms with Crippen LogP contribution in [0.3, 0.4) is 0 Å². The average molecular weight is 940 g/mol. The van der Waals surface area contributed by atoms with Crippen molar-refractivity contribution in [3.8, 4) is 17.1 Å². The molecule has 72 heavy (non-hydrogen) atoms. The predicted octanol–water partition coefficient (Wildman–Crippen LogP) is 13.4. The Morgan fingerprint density at radius 1 is 0.292 bits per heavy atom. The molecule has 0 radical (unpaired) electrons. The first kappa shape index (κ1) is 44.7. The van der Waals surface area contributed by atoms with Gasteiger partial charge in [-0.05, 0) is 123 Å². The molecule has 0 atom stereocenters. The third-order valence-corrected chi connectivity index (χ3v) is 18.2. The molecule has 0 spiro atoms. The lowest BCUT2D eigenvalue weighted by molar-refractivity contribution is 0.590. The molecule has 0 N–H and O–H groups in total. The van der Waals surface area contributed by atoms with Crippen molar-refractivity contribution in [2.24, 2.45) is 0 Å². The van der Waals surface area contributed by atoms with Gasteiger partial charge in [-0.15, -0.1) is 0 Å². The minimum Gasteiger partial charge on any atom is -0.311 e. The van der Waals surface area contributed by atoms with Crippen LogP contribution in [0.1, 0.15) is 164 Å². The minimum absolute atomic E-state index is 0.0167. The second-order valence-electron chi connectivity index (χ2n) is 29.0. The van der Waals surface area contributed by atoms with E-state index in [-0.39, 0.29) is 45.9 Å². The van der Waals surface area contributed by atoms with Crippen molar-refractivity contribution in [2.45, 2.75) is 164 Å². The van der Waals surface area contributed by atoms with Gasteiger partial charge in [-0.1, -0.05) is 197 Å². The summed E-state index contributed by atoms with van der Waals surface area (Å²) in [6, 6.07) is 35.0. The van der Waals surface area contributed by atoms with Crippen molar-refractivity contribution in [2.75, 3.05) is 0 Å². The summed E-state index contributed by atoms with van der Waals surface area (Å²) in [6.07, 6.45) is 0. The number of rotatable bonds is 0. The van der Waals surface area contributed by atoms with E-state index in [0.717, 1.165) is 0 Å². The molecule has 3 nitrogen and oxygen atoms in total. The lowest BCUT2D eigenvalue weighted by atomic mass is 9.28. The van der Waals surface area contributed by atoms with E-state index in [2.05, 4.69) is 230 Å². The molecule has 360 valence electrons. The zero-order valence-corrected chi connectivity index (χ0v) is 46.6. The van der Waals surface area contributed by atoms with Crippen molar-refractivity contribution in [1.29, 1.82) is 0 Å². The van der Waals surface area contributed by atoms with Gasteiger partial charge in [-0.2, -0.15) is 0 Å². The molecule has 0 fully saturated rings. The highest BCUT2D eigenvalue weighted by molar-refractivity contribution is 7.05. The number of benzene rings is 7. The summed E-state index contributed by atoms with van der Waals surface area (Å²) < 4.78 is 8.50. The number of hydrogen-bond donors (Lipinski definition) is 0. The fraction of sp³-hybridized carbons (Fsp3) is 0.373. The number of nitrogens with zero attached hydrogens (tertiary/aromatic N) is 3. The zero-order chi connectivity index (χ0) is 51.0. The smallest absolute Gasteiger partial charge is 0.252 e. The van der Waals surface area contributed by atoms with Crippen molar-refractivity contribution in [3.63, 3.8) is 0 Å². The first-order valence-corrected chi connectivity index (χ1v) is 27.1. The number of hydrogen-bond acceptors (Lipinski definition) is 0. The largest absolute Gasteiger partial charge is 0.311 e. The first-order chi connectivity index (χ1) is 33.5. The molecule has 0 saturated carbocycles. The molecule has 4 aliphatic rings. The molecular formula is C67H71B2N3. The van der Waals surface area contributed by atoms with Gasteiger partial charge in [0.2, 0.25) is 0 Å². The molecule has 5 heteroatoms. The number of aromatic nitrogens is 3.